The molecular weight excluding hydrogens is 342 g/mol. The molecule has 0 bridgehead atoms. The monoisotopic (exact) mass is 353 g/mol. The molecule has 0 aliphatic rings. The van der Waals surface area contributed by atoms with Gasteiger partial charge in [-0.3, -0.25) is 4.79 Å². The maximum absolute atomic E-state index is 12.0. The van der Waals surface area contributed by atoms with E-state index >= 15 is 0 Å². The Hall–Kier alpha value is -1.66. The fraction of sp³-hybridized carbons (Fsp3) is 0.143. The quantitative estimate of drug-likeness (QED) is 0.852. The summed E-state index contributed by atoms with van der Waals surface area (Å²) in [6.45, 7) is 1.54. The van der Waals surface area contributed by atoms with Gasteiger partial charge in [-0.05, 0) is 46.4 Å². The third-order valence-corrected chi connectivity index (χ3v) is 4.05. The van der Waals surface area contributed by atoms with E-state index in [-0.39, 0.29) is 5.91 Å². The lowest BCUT2D eigenvalue weighted by Gasteiger charge is -2.13. The first kappa shape index (κ1) is 14.7. The first-order valence-corrected chi connectivity index (χ1v) is 7.55. The third kappa shape index (κ3) is 3.68. The van der Waals surface area contributed by atoms with Gasteiger partial charge in [-0.2, -0.15) is 0 Å². The predicted octanol–water partition coefficient (Wildman–Crippen LogP) is 3.69. The number of benzene rings is 1. The van der Waals surface area contributed by atoms with Crippen LogP contribution >= 0.6 is 27.3 Å². The summed E-state index contributed by atoms with van der Waals surface area (Å²) < 4.78 is 5.88. The van der Waals surface area contributed by atoms with Gasteiger partial charge in [-0.25, -0.2) is 4.79 Å². The van der Waals surface area contributed by atoms with Crippen molar-refractivity contribution >= 4 is 44.8 Å². The molecule has 0 aliphatic heterocycles. The van der Waals surface area contributed by atoms with Gasteiger partial charge >= 0.3 is 5.97 Å². The van der Waals surface area contributed by atoms with Crippen LogP contribution in [-0.4, -0.2) is 18.0 Å². The van der Waals surface area contributed by atoms with E-state index < -0.39 is 12.1 Å². The van der Waals surface area contributed by atoms with Crippen molar-refractivity contribution in [1.29, 1.82) is 0 Å². The number of hydrogen-bond acceptors (Lipinski definition) is 4. The first-order chi connectivity index (χ1) is 9.58. The maximum Gasteiger partial charge on any atom is 0.349 e. The highest BCUT2D eigenvalue weighted by atomic mass is 79.9. The summed E-state index contributed by atoms with van der Waals surface area (Å²) in [6.07, 6.45) is -0.864. The molecule has 0 fully saturated rings. The molecule has 4 nitrogen and oxygen atoms in total. The molecule has 1 N–H and O–H groups in total. The van der Waals surface area contributed by atoms with Crippen molar-refractivity contribution in [2.75, 3.05) is 5.32 Å². The van der Waals surface area contributed by atoms with Crippen molar-refractivity contribution in [3.05, 3.63) is 51.1 Å². The number of esters is 1. The summed E-state index contributed by atoms with van der Waals surface area (Å²) >= 11 is 4.61. The molecule has 0 saturated heterocycles. The van der Waals surface area contributed by atoms with Crippen molar-refractivity contribution in [3.8, 4) is 0 Å². The fourth-order valence-corrected chi connectivity index (χ4v) is 2.45. The van der Waals surface area contributed by atoms with Gasteiger partial charge in [0.25, 0.3) is 5.91 Å². The fourth-order valence-electron chi connectivity index (χ4n) is 1.46. The Bertz CT molecular complexity index is 613. The van der Waals surface area contributed by atoms with E-state index in [0.717, 1.165) is 4.47 Å². The van der Waals surface area contributed by atoms with Crippen molar-refractivity contribution in [3.63, 3.8) is 0 Å². The number of hydrogen-bond donors (Lipinski definition) is 1. The minimum atomic E-state index is -0.864. The lowest BCUT2D eigenvalue weighted by atomic mass is 10.3. The van der Waals surface area contributed by atoms with Crippen molar-refractivity contribution < 1.29 is 14.3 Å². The highest BCUT2D eigenvalue weighted by molar-refractivity contribution is 9.10. The Labute approximate surface area is 128 Å². The molecule has 1 aromatic heterocycles. The third-order valence-electron chi connectivity index (χ3n) is 2.51. The second kappa shape index (κ2) is 6.67. The Morgan fingerprint density at radius 2 is 2.00 bits per heavy atom. The van der Waals surface area contributed by atoms with Gasteiger partial charge in [0.15, 0.2) is 6.10 Å². The van der Waals surface area contributed by atoms with E-state index in [1.165, 1.54) is 18.3 Å². The Kier molecular flexibility index (Phi) is 4.92. The number of ether oxygens (including phenoxy) is 1. The number of anilines is 1. The first-order valence-electron chi connectivity index (χ1n) is 5.88. The minimum absolute atomic E-state index is 0.373. The molecule has 0 saturated carbocycles. The molecule has 1 heterocycles. The lowest BCUT2D eigenvalue weighted by Crippen LogP contribution is -2.29. The molecule has 6 heteroatoms. The summed E-state index contributed by atoms with van der Waals surface area (Å²) in [4.78, 5) is 24.2. The second-order valence-electron chi connectivity index (χ2n) is 3.99. The molecular formula is C14H12BrNO3S. The maximum atomic E-state index is 12.0. The molecule has 1 amide bonds. The second-order valence-corrected chi connectivity index (χ2v) is 5.80. The number of amides is 1. The van der Waals surface area contributed by atoms with E-state index in [9.17, 15) is 9.59 Å². The molecule has 1 atom stereocenters. The van der Waals surface area contributed by atoms with Gasteiger partial charge < -0.3 is 10.1 Å². The molecule has 2 rings (SSSR count). The van der Waals surface area contributed by atoms with Gasteiger partial charge in [0.2, 0.25) is 0 Å². The number of halogens is 1. The molecule has 104 valence electrons. The van der Waals surface area contributed by atoms with Crippen LogP contribution in [-0.2, 0) is 9.53 Å². The smallest absolute Gasteiger partial charge is 0.349 e. The van der Waals surface area contributed by atoms with E-state index in [4.69, 9.17) is 4.74 Å². The Morgan fingerprint density at radius 3 is 2.65 bits per heavy atom. The predicted molar refractivity (Wildman–Crippen MR) is 82.0 cm³/mol. The summed E-state index contributed by atoms with van der Waals surface area (Å²) in [5.74, 6) is -0.864. The van der Waals surface area contributed by atoms with E-state index in [1.807, 2.05) is 18.2 Å². The highest BCUT2D eigenvalue weighted by Crippen LogP contribution is 2.21. The minimum Gasteiger partial charge on any atom is -0.448 e. The molecule has 20 heavy (non-hydrogen) atoms. The van der Waals surface area contributed by atoms with Gasteiger partial charge in [0.1, 0.15) is 4.88 Å². The van der Waals surface area contributed by atoms with Crippen LogP contribution in [0.3, 0.4) is 0 Å². The average molecular weight is 354 g/mol. The van der Waals surface area contributed by atoms with Crippen molar-refractivity contribution in [2.45, 2.75) is 13.0 Å². The normalized spacial score (nSPS) is 11.7. The molecule has 2 aromatic rings. The summed E-state index contributed by atoms with van der Waals surface area (Å²) in [7, 11) is 0. The number of para-hydroxylation sites is 1. The van der Waals surface area contributed by atoms with Gasteiger partial charge in [0.05, 0.1) is 5.69 Å². The molecule has 1 aromatic carbocycles. The van der Waals surface area contributed by atoms with Gasteiger partial charge in [-0.1, -0.05) is 18.2 Å². The number of thiophene rings is 1. The van der Waals surface area contributed by atoms with Crippen molar-refractivity contribution in [1.82, 2.24) is 0 Å². The number of nitrogens with one attached hydrogen (secondary N) is 1. The van der Waals surface area contributed by atoms with Crippen LogP contribution in [0.1, 0.15) is 16.6 Å². The van der Waals surface area contributed by atoms with Gasteiger partial charge in [0, 0.05) is 4.47 Å². The molecule has 0 radical (unpaired) electrons. The summed E-state index contributed by atoms with van der Waals surface area (Å²) in [5, 5.41) is 4.48. The molecule has 0 aliphatic carbocycles. The van der Waals surface area contributed by atoms with Crippen molar-refractivity contribution in [2.24, 2.45) is 0 Å². The van der Waals surface area contributed by atoms with Crippen LogP contribution < -0.4 is 5.32 Å². The number of rotatable bonds is 4. The average Bonchev–Trinajstić information content (AvgIpc) is 2.95. The van der Waals surface area contributed by atoms with E-state index in [0.29, 0.717) is 10.6 Å². The summed E-state index contributed by atoms with van der Waals surface area (Å²) in [6, 6.07) is 10.6. The van der Waals surface area contributed by atoms with Crippen LogP contribution in [0.5, 0.6) is 0 Å². The summed E-state index contributed by atoms with van der Waals surface area (Å²) in [5.41, 5.74) is 0.636. The Morgan fingerprint density at radius 1 is 1.25 bits per heavy atom. The van der Waals surface area contributed by atoms with Crippen LogP contribution in [0.4, 0.5) is 5.69 Å². The largest absolute Gasteiger partial charge is 0.448 e. The lowest BCUT2D eigenvalue weighted by molar-refractivity contribution is -0.123. The van der Waals surface area contributed by atoms with Crippen LogP contribution in [0.25, 0.3) is 0 Å². The van der Waals surface area contributed by atoms with E-state index in [2.05, 4.69) is 21.2 Å². The zero-order valence-electron chi connectivity index (χ0n) is 10.6. The van der Waals surface area contributed by atoms with Crippen LogP contribution in [0.2, 0.25) is 0 Å². The zero-order valence-corrected chi connectivity index (χ0v) is 13.0. The van der Waals surface area contributed by atoms with E-state index in [1.54, 1.807) is 23.6 Å². The number of carbonyl (C=O) groups excluding carboxylic acids is 2. The topological polar surface area (TPSA) is 55.4 Å². The number of carbonyl (C=O) groups is 2. The van der Waals surface area contributed by atoms with Crippen LogP contribution in [0, 0.1) is 0 Å². The Balaban J connectivity index is 1.96. The highest BCUT2D eigenvalue weighted by Gasteiger charge is 2.20. The SMILES string of the molecule is C[C@@H](OC(=O)c1cccs1)C(=O)Nc1ccccc1Br. The molecule has 0 unspecified atom stereocenters. The van der Waals surface area contributed by atoms with Crippen LogP contribution in [0.15, 0.2) is 46.3 Å². The standard InChI is InChI=1S/C14H12BrNO3S/c1-9(19-14(18)12-7-4-8-20-12)13(17)16-11-6-3-2-5-10(11)15/h2-9H,1H3,(H,16,17)/t9-/m1/s1. The molecule has 0 spiro atoms. The zero-order chi connectivity index (χ0) is 14.5. The van der Waals surface area contributed by atoms with Gasteiger partial charge in [-0.15, -0.1) is 11.3 Å².